The van der Waals surface area contributed by atoms with E-state index >= 15 is 0 Å². The quantitative estimate of drug-likeness (QED) is 0.794. The van der Waals surface area contributed by atoms with Gasteiger partial charge in [0, 0.05) is 0 Å². The zero-order valence-corrected chi connectivity index (χ0v) is 10.6. The van der Waals surface area contributed by atoms with Crippen LogP contribution in [0.2, 0.25) is 0 Å². The molecule has 94 valence electrons. The summed E-state index contributed by atoms with van der Waals surface area (Å²) in [5.41, 5.74) is 1.34. The van der Waals surface area contributed by atoms with Crippen molar-refractivity contribution in [2.75, 3.05) is 7.11 Å². The van der Waals surface area contributed by atoms with Crippen molar-refractivity contribution < 1.29 is 9.15 Å². The van der Waals surface area contributed by atoms with E-state index < -0.39 is 0 Å². The van der Waals surface area contributed by atoms with Gasteiger partial charge < -0.3 is 9.15 Å². The summed E-state index contributed by atoms with van der Waals surface area (Å²) >= 11 is 0. The fraction of sp³-hybridized carbons (Fsp3) is 0.214. The summed E-state index contributed by atoms with van der Waals surface area (Å²) < 4.78 is 11.8. The second kappa shape index (κ2) is 4.96. The molecule has 1 aromatic carbocycles. The van der Waals surface area contributed by atoms with E-state index in [1.54, 1.807) is 13.2 Å². The number of rotatable bonds is 2. The standard InChI is InChI=1S/C14H15NO3/c1-4-12-13(5-2)18-14(16)15(12)10-6-8-11(17-3)9-7-10/h4-9H,1-3H3/b12-4+,13-5-. The van der Waals surface area contributed by atoms with Crippen LogP contribution in [0.15, 0.2) is 33.5 Å². The summed E-state index contributed by atoms with van der Waals surface area (Å²) in [6, 6.07) is 7.26. The topological polar surface area (TPSA) is 44.4 Å². The maximum atomic E-state index is 11.9. The van der Waals surface area contributed by atoms with E-state index in [4.69, 9.17) is 9.15 Å². The fourth-order valence-electron chi connectivity index (χ4n) is 1.85. The van der Waals surface area contributed by atoms with Crippen molar-refractivity contribution in [1.29, 1.82) is 0 Å². The van der Waals surface area contributed by atoms with Crippen molar-refractivity contribution >= 4 is 12.2 Å². The van der Waals surface area contributed by atoms with Crippen LogP contribution in [0.3, 0.4) is 0 Å². The van der Waals surface area contributed by atoms with Crippen LogP contribution in [0, 0.1) is 0 Å². The highest BCUT2D eigenvalue weighted by Gasteiger charge is 2.06. The van der Waals surface area contributed by atoms with Crippen LogP contribution in [0.1, 0.15) is 13.8 Å². The monoisotopic (exact) mass is 245 g/mol. The van der Waals surface area contributed by atoms with Crippen LogP contribution in [0.25, 0.3) is 17.8 Å². The van der Waals surface area contributed by atoms with E-state index in [0.29, 0.717) is 5.42 Å². The molecule has 0 fully saturated rings. The predicted molar refractivity (Wildman–Crippen MR) is 70.4 cm³/mol. The van der Waals surface area contributed by atoms with Crippen LogP contribution in [-0.4, -0.2) is 11.7 Å². The highest BCUT2D eigenvalue weighted by atomic mass is 16.5. The lowest BCUT2D eigenvalue weighted by atomic mass is 10.3. The SMILES string of the molecule is C/C=c1\oc(=O)n(-c2ccc(OC)cc2)\c1=C\C. The lowest BCUT2D eigenvalue weighted by Crippen LogP contribution is -2.30. The van der Waals surface area contributed by atoms with E-state index in [1.165, 1.54) is 4.57 Å². The number of aromatic nitrogens is 1. The number of nitrogens with zero attached hydrogens (tertiary/aromatic N) is 1. The minimum Gasteiger partial charge on any atom is -0.497 e. The second-order valence-electron chi connectivity index (χ2n) is 3.73. The Morgan fingerprint density at radius 1 is 1.17 bits per heavy atom. The summed E-state index contributed by atoms with van der Waals surface area (Å²) in [5.74, 6) is 0.362. The van der Waals surface area contributed by atoms with Gasteiger partial charge in [-0.15, -0.1) is 0 Å². The lowest BCUT2D eigenvalue weighted by molar-refractivity contribution is 0.414. The molecule has 18 heavy (non-hydrogen) atoms. The Morgan fingerprint density at radius 3 is 2.33 bits per heavy atom. The van der Waals surface area contributed by atoms with Crippen molar-refractivity contribution in [3.63, 3.8) is 0 Å². The van der Waals surface area contributed by atoms with Crippen LogP contribution < -0.4 is 21.3 Å². The Morgan fingerprint density at radius 2 is 1.83 bits per heavy atom. The van der Waals surface area contributed by atoms with Gasteiger partial charge >= 0.3 is 5.76 Å². The van der Waals surface area contributed by atoms with Crippen LogP contribution in [-0.2, 0) is 0 Å². The van der Waals surface area contributed by atoms with E-state index in [9.17, 15) is 4.79 Å². The average Bonchev–Trinajstić information content (AvgIpc) is 2.74. The third-order valence-corrected chi connectivity index (χ3v) is 2.74. The second-order valence-corrected chi connectivity index (χ2v) is 3.73. The van der Waals surface area contributed by atoms with Gasteiger partial charge in [-0.1, -0.05) is 6.08 Å². The molecule has 1 aromatic heterocycles. The van der Waals surface area contributed by atoms with Crippen molar-refractivity contribution in [3.05, 3.63) is 45.6 Å². The zero-order chi connectivity index (χ0) is 13.1. The molecule has 1 heterocycles. The molecule has 0 aliphatic carbocycles. The van der Waals surface area contributed by atoms with Gasteiger partial charge in [-0.3, -0.25) is 0 Å². The molecule has 4 heteroatoms. The average molecular weight is 245 g/mol. The molecule has 0 saturated carbocycles. The number of ether oxygens (including phenoxy) is 1. The number of benzene rings is 1. The Kier molecular flexibility index (Phi) is 3.37. The van der Waals surface area contributed by atoms with Gasteiger partial charge in [0.05, 0.1) is 18.1 Å². The van der Waals surface area contributed by atoms with Crippen molar-refractivity contribution in [3.8, 4) is 11.4 Å². The smallest absolute Gasteiger partial charge is 0.424 e. The van der Waals surface area contributed by atoms with Gasteiger partial charge in [0.25, 0.3) is 0 Å². The molecule has 0 spiro atoms. The first-order chi connectivity index (χ1) is 8.71. The van der Waals surface area contributed by atoms with Crippen LogP contribution >= 0.6 is 0 Å². The Balaban J connectivity index is 2.71. The maximum Gasteiger partial charge on any atom is 0.424 e. The van der Waals surface area contributed by atoms with Gasteiger partial charge in [0.1, 0.15) is 5.75 Å². The molecule has 0 saturated heterocycles. The summed E-state index contributed by atoms with van der Waals surface area (Å²) in [4.78, 5) is 11.9. The third kappa shape index (κ3) is 1.97. The largest absolute Gasteiger partial charge is 0.497 e. The first-order valence-electron chi connectivity index (χ1n) is 5.70. The molecule has 0 aliphatic rings. The van der Waals surface area contributed by atoms with Gasteiger partial charge in [-0.05, 0) is 44.2 Å². The summed E-state index contributed by atoms with van der Waals surface area (Å²) in [6.45, 7) is 3.71. The predicted octanol–water partition coefficient (Wildman–Crippen LogP) is 1.04. The molecular weight excluding hydrogens is 230 g/mol. The lowest BCUT2D eigenvalue weighted by Gasteiger charge is -2.02. The Labute approximate surface area is 104 Å². The molecule has 2 rings (SSSR count). The van der Waals surface area contributed by atoms with Crippen molar-refractivity contribution in [1.82, 2.24) is 4.57 Å². The minimum absolute atomic E-state index is 0.388. The molecule has 0 aliphatic heterocycles. The molecule has 0 radical (unpaired) electrons. The van der Waals surface area contributed by atoms with Crippen molar-refractivity contribution in [2.45, 2.75) is 13.8 Å². The summed E-state index contributed by atoms with van der Waals surface area (Å²) in [7, 11) is 1.61. The molecular formula is C14H15NO3. The number of hydrogen-bond donors (Lipinski definition) is 0. The van der Waals surface area contributed by atoms with Crippen molar-refractivity contribution in [2.24, 2.45) is 0 Å². The first-order valence-corrected chi connectivity index (χ1v) is 5.70. The zero-order valence-electron chi connectivity index (χ0n) is 10.6. The van der Waals surface area contributed by atoms with E-state index in [0.717, 1.165) is 16.8 Å². The number of methoxy groups -OCH3 is 1. The number of hydrogen-bond acceptors (Lipinski definition) is 3. The fourth-order valence-corrected chi connectivity index (χ4v) is 1.85. The minimum atomic E-state index is -0.388. The normalized spacial score (nSPS) is 13.1. The molecule has 0 atom stereocenters. The third-order valence-electron chi connectivity index (χ3n) is 2.74. The maximum absolute atomic E-state index is 11.9. The van der Waals surface area contributed by atoms with Gasteiger partial charge in [0.15, 0.2) is 5.42 Å². The van der Waals surface area contributed by atoms with Gasteiger partial charge in [-0.2, -0.15) is 0 Å². The van der Waals surface area contributed by atoms with E-state index in [2.05, 4.69) is 0 Å². The van der Waals surface area contributed by atoms with Gasteiger partial charge in [-0.25, -0.2) is 9.36 Å². The molecule has 0 bridgehead atoms. The summed E-state index contributed by atoms with van der Waals surface area (Å²) in [5, 5.41) is 0.757. The highest BCUT2D eigenvalue weighted by molar-refractivity contribution is 5.38. The number of oxazole rings is 1. The highest BCUT2D eigenvalue weighted by Crippen LogP contribution is 2.12. The Hall–Kier alpha value is -2.23. The molecule has 0 unspecified atom stereocenters. The van der Waals surface area contributed by atoms with E-state index in [1.807, 2.05) is 44.2 Å². The molecule has 0 N–H and O–H groups in total. The Bertz CT molecular complexity index is 705. The molecule has 0 amide bonds. The molecule has 2 aromatic rings. The van der Waals surface area contributed by atoms with E-state index in [-0.39, 0.29) is 5.76 Å². The van der Waals surface area contributed by atoms with Crippen LogP contribution in [0.4, 0.5) is 0 Å². The summed E-state index contributed by atoms with van der Waals surface area (Å²) in [6.07, 6.45) is 3.63. The molecule has 4 nitrogen and oxygen atoms in total. The first kappa shape index (κ1) is 12.2. The van der Waals surface area contributed by atoms with Crippen LogP contribution in [0.5, 0.6) is 5.75 Å². The van der Waals surface area contributed by atoms with Gasteiger partial charge in [0.2, 0.25) is 0 Å².